The molecule has 0 saturated carbocycles. The van der Waals surface area contributed by atoms with Gasteiger partial charge in [-0.05, 0) is 55.8 Å². The summed E-state index contributed by atoms with van der Waals surface area (Å²) >= 11 is 0. The zero-order valence-corrected chi connectivity index (χ0v) is 16.5. The highest BCUT2D eigenvalue weighted by Gasteiger charge is 2.23. The van der Waals surface area contributed by atoms with Gasteiger partial charge in [-0.2, -0.15) is 0 Å². The van der Waals surface area contributed by atoms with Gasteiger partial charge in [-0.3, -0.25) is 9.69 Å². The summed E-state index contributed by atoms with van der Waals surface area (Å²) in [4.78, 5) is 15.0. The number of amides is 1. The standard InChI is InChI=1S/C22H28N2O4/c1-27-17-8-6-16(7-9-17)20(24-12-4-3-5-13-24)15-23-22(26)19-11-10-18(28-2)14-21(19)25/h6-11,14,20,25H,3-5,12-13,15H2,1-2H3,(H,23,26). The SMILES string of the molecule is COc1ccc(C(CNC(=O)c2ccc(OC)cc2O)N2CCCCC2)cc1. The third-order valence-electron chi connectivity index (χ3n) is 5.24. The molecule has 150 valence electrons. The first-order valence-corrected chi connectivity index (χ1v) is 9.65. The summed E-state index contributed by atoms with van der Waals surface area (Å²) in [6.45, 7) is 2.50. The number of methoxy groups -OCH3 is 2. The Hall–Kier alpha value is -2.73. The van der Waals surface area contributed by atoms with E-state index in [1.54, 1.807) is 19.2 Å². The maximum atomic E-state index is 12.6. The first kappa shape index (κ1) is 20.0. The molecule has 1 aliphatic rings. The van der Waals surface area contributed by atoms with Gasteiger partial charge in [0, 0.05) is 12.6 Å². The van der Waals surface area contributed by atoms with Crippen LogP contribution in [0.15, 0.2) is 42.5 Å². The van der Waals surface area contributed by atoms with E-state index >= 15 is 0 Å². The number of phenols is 1. The van der Waals surface area contributed by atoms with E-state index in [4.69, 9.17) is 9.47 Å². The van der Waals surface area contributed by atoms with Crippen LogP contribution in [0, 0.1) is 0 Å². The minimum Gasteiger partial charge on any atom is -0.507 e. The van der Waals surface area contributed by atoms with Crippen molar-refractivity contribution in [2.75, 3.05) is 33.9 Å². The Morgan fingerprint density at radius 2 is 1.68 bits per heavy atom. The Balaban J connectivity index is 1.74. The summed E-state index contributed by atoms with van der Waals surface area (Å²) in [6, 6.07) is 12.8. The number of nitrogens with zero attached hydrogens (tertiary/aromatic N) is 1. The number of benzene rings is 2. The third kappa shape index (κ3) is 4.75. The molecule has 3 rings (SSSR count). The van der Waals surface area contributed by atoms with Crippen molar-refractivity contribution >= 4 is 5.91 Å². The number of phenolic OH excluding ortho intramolecular Hbond substituents is 1. The number of carbonyl (C=O) groups excluding carboxylic acids is 1. The molecule has 1 amide bonds. The number of carbonyl (C=O) groups is 1. The Morgan fingerprint density at radius 3 is 2.29 bits per heavy atom. The Kier molecular flexibility index (Phi) is 6.76. The molecule has 0 aliphatic carbocycles. The van der Waals surface area contributed by atoms with Gasteiger partial charge < -0.3 is 19.9 Å². The predicted molar refractivity (Wildman–Crippen MR) is 108 cm³/mol. The van der Waals surface area contributed by atoms with E-state index in [1.165, 1.54) is 32.4 Å². The minimum absolute atomic E-state index is 0.0792. The van der Waals surface area contributed by atoms with Crippen molar-refractivity contribution in [2.45, 2.75) is 25.3 Å². The Bertz CT molecular complexity index is 786. The van der Waals surface area contributed by atoms with Gasteiger partial charge in [-0.1, -0.05) is 18.6 Å². The number of rotatable bonds is 7. The lowest BCUT2D eigenvalue weighted by atomic mass is 10.0. The number of hydrogen-bond donors (Lipinski definition) is 2. The Morgan fingerprint density at radius 1 is 1.04 bits per heavy atom. The van der Waals surface area contributed by atoms with Crippen LogP contribution >= 0.6 is 0 Å². The largest absolute Gasteiger partial charge is 0.507 e. The molecule has 1 heterocycles. The van der Waals surface area contributed by atoms with E-state index < -0.39 is 0 Å². The molecule has 28 heavy (non-hydrogen) atoms. The van der Waals surface area contributed by atoms with Gasteiger partial charge in [0.15, 0.2) is 0 Å². The summed E-state index contributed by atoms with van der Waals surface area (Å²) in [7, 11) is 3.17. The average molecular weight is 384 g/mol. The normalized spacial score (nSPS) is 15.6. The summed E-state index contributed by atoms with van der Waals surface area (Å²) in [6.07, 6.45) is 3.58. The van der Waals surface area contributed by atoms with Crippen LogP contribution in [0.2, 0.25) is 0 Å². The van der Waals surface area contributed by atoms with Crippen molar-refractivity contribution in [1.82, 2.24) is 10.2 Å². The predicted octanol–water partition coefficient (Wildman–Crippen LogP) is 3.37. The number of likely N-dealkylation sites (tertiary alicyclic amines) is 1. The van der Waals surface area contributed by atoms with Crippen LogP contribution in [0.3, 0.4) is 0 Å². The van der Waals surface area contributed by atoms with Gasteiger partial charge in [0.2, 0.25) is 0 Å². The van der Waals surface area contributed by atoms with Gasteiger partial charge in [0.25, 0.3) is 5.91 Å². The molecule has 1 aliphatic heterocycles. The van der Waals surface area contributed by atoms with Crippen LogP contribution in [0.5, 0.6) is 17.2 Å². The van der Waals surface area contributed by atoms with Gasteiger partial charge in [0.1, 0.15) is 17.2 Å². The fourth-order valence-electron chi connectivity index (χ4n) is 3.63. The molecule has 0 spiro atoms. The second-order valence-electron chi connectivity index (χ2n) is 6.98. The topological polar surface area (TPSA) is 71.0 Å². The molecular formula is C22H28N2O4. The number of hydrogen-bond acceptors (Lipinski definition) is 5. The molecule has 6 nitrogen and oxygen atoms in total. The van der Waals surface area contributed by atoms with E-state index in [0.717, 1.165) is 24.4 Å². The molecule has 0 bridgehead atoms. The summed E-state index contributed by atoms with van der Waals surface area (Å²) in [5, 5.41) is 13.1. The number of piperidine rings is 1. The van der Waals surface area contributed by atoms with E-state index in [-0.39, 0.29) is 23.3 Å². The van der Waals surface area contributed by atoms with Gasteiger partial charge >= 0.3 is 0 Å². The fraction of sp³-hybridized carbons (Fsp3) is 0.409. The van der Waals surface area contributed by atoms with E-state index in [2.05, 4.69) is 22.3 Å². The zero-order valence-electron chi connectivity index (χ0n) is 16.5. The van der Waals surface area contributed by atoms with Crippen molar-refractivity contribution in [3.05, 3.63) is 53.6 Å². The van der Waals surface area contributed by atoms with Crippen molar-refractivity contribution < 1.29 is 19.4 Å². The molecule has 1 saturated heterocycles. The zero-order chi connectivity index (χ0) is 19.9. The molecule has 1 fully saturated rings. The van der Waals surface area contributed by atoms with Gasteiger partial charge in [0.05, 0.1) is 25.8 Å². The smallest absolute Gasteiger partial charge is 0.255 e. The molecule has 1 unspecified atom stereocenters. The first-order valence-electron chi connectivity index (χ1n) is 9.65. The van der Waals surface area contributed by atoms with Crippen LogP contribution < -0.4 is 14.8 Å². The summed E-state index contributed by atoms with van der Waals surface area (Å²) < 4.78 is 10.3. The van der Waals surface area contributed by atoms with E-state index in [0.29, 0.717) is 12.3 Å². The molecule has 0 radical (unpaired) electrons. The number of ether oxygens (including phenoxy) is 2. The quantitative estimate of drug-likeness (QED) is 0.766. The van der Waals surface area contributed by atoms with Gasteiger partial charge in [-0.25, -0.2) is 0 Å². The third-order valence-corrected chi connectivity index (χ3v) is 5.24. The lowest BCUT2D eigenvalue weighted by Gasteiger charge is -2.35. The van der Waals surface area contributed by atoms with Crippen LogP contribution in [-0.4, -0.2) is 49.8 Å². The molecule has 0 aromatic heterocycles. The highest BCUT2D eigenvalue weighted by Crippen LogP contribution is 2.27. The number of aromatic hydroxyl groups is 1. The first-order chi connectivity index (χ1) is 13.6. The molecular weight excluding hydrogens is 356 g/mol. The molecule has 2 aromatic rings. The van der Waals surface area contributed by atoms with Crippen LogP contribution in [-0.2, 0) is 0 Å². The lowest BCUT2D eigenvalue weighted by Crippen LogP contribution is -2.40. The second-order valence-corrected chi connectivity index (χ2v) is 6.98. The minimum atomic E-state index is -0.296. The molecule has 6 heteroatoms. The lowest BCUT2D eigenvalue weighted by molar-refractivity contribution is 0.0921. The highest BCUT2D eigenvalue weighted by molar-refractivity contribution is 5.97. The fourth-order valence-corrected chi connectivity index (χ4v) is 3.63. The van der Waals surface area contributed by atoms with Crippen LogP contribution in [0.4, 0.5) is 0 Å². The Labute approximate surface area is 166 Å². The average Bonchev–Trinajstić information content (AvgIpc) is 2.74. The highest BCUT2D eigenvalue weighted by atomic mass is 16.5. The van der Waals surface area contributed by atoms with Crippen molar-refractivity contribution in [3.8, 4) is 17.2 Å². The van der Waals surface area contributed by atoms with Crippen molar-refractivity contribution in [1.29, 1.82) is 0 Å². The monoisotopic (exact) mass is 384 g/mol. The van der Waals surface area contributed by atoms with Crippen LogP contribution in [0.25, 0.3) is 0 Å². The van der Waals surface area contributed by atoms with Crippen LogP contribution in [0.1, 0.15) is 41.2 Å². The maximum Gasteiger partial charge on any atom is 0.255 e. The van der Waals surface area contributed by atoms with Crippen molar-refractivity contribution in [3.63, 3.8) is 0 Å². The van der Waals surface area contributed by atoms with E-state index in [1.807, 2.05) is 12.1 Å². The van der Waals surface area contributed by atoms with Gasteiger partial charge in [-0.15, -0.1) is 0 Å². The second kappa shape index (κ2) is 9.46. The summed E-state index contributed by atoms with van der Waals surface area (Å²) in [5.41, 5.74) is 1.38. The molecule has 1 atom stereocenters. The molecule has 2 N–H and O–H groups in total. The maximum absolute atomic E-state index is 12.6. The summed E-state index contributed by atoms with van der Waals surface area (Å²) in [5.74, 6) is 0.943. The van der Waals surface area contributed by atoms with E-state index in [9.17, 15) is 9.90 Å². The van der Waals surface area contributed by atoms with Crippen molar-refractivity contribution in [2.24, 2.45) is 0 Å². The molecule has 2 aromatic carbocycles. The number of nitrogens with one attached hydrogen (secondary N) is 1.